The molecule has 2 heterocycles. The Morgan fingerprint density at radius 2 is 0.912 bits per heavy atom. The number of nitrogens with one attached hydrogen (secondary N) is 4. The van der Waals surface area contributed by atoms with Gasteiger partial charge in [-0.25, -0.2) is 9.59 Å². The highest BCUT2D eigenvalue weighted by Gasteiger charge is 2.45. The molecule has 0 spiro atoms. The normalized spacial score (nSPS) is 15.2. The number of benzene rings is 2. The van der Waals surface area contributed by atoms with Crippen LogP contribution >= 0.6 is 0 Å². The van der Waals surface area contributed by atoms with Gasteiger partial charge in [-0.1, -0.05) is 127 Å². The van der Waals surface area contributed by atoms with Gasteiger partial charge in [-0.3, -0.25) is 19.2 Å². The summed E-state index contributed by atoms with van der Waals surface area (Å²) in [5, 5.41) is 33.4. The second-order valence-electron chi connectivity index (χ2n) is 25.6. The van der Waals surface area contributed by atoms with Gasteiger partial charge >= 0.3 is 11.9 Å². The summed E-state index contributed by atoms with van der Waals surface area (Å²) in [6.45, 7) is 31.2. The summed E-state index contributed by atoms with van der Waals surface area (Å²) in [5.41, 5.74) is 15.7. The van der Waals surface area contributed by atoms with Gasteiger partial charge < -0.3 is 61.9 Å². The Hall–Kier alpha value is -6.34. The van der Waals surface area contributed by atoms with Crippen LogP contribution in [0, 0.1) is 22.7 Å². The maximum absolute atomic E-state index is 14.0. The van der Waals surface area contributed by atoms with Gasteiger partial charge in [0.25, 0.3) is 0 Å². The van der Waals surface area contributed by atoms with E-state index < -0.39 is 69.8 Å². The predicted octanol–water partition coefficient (Wildman–Crippen LogP) is 7.09. The average Bonchev–Trinajstić information content (AvgIpc) is 3.89. The number of rotatable bonds is 22. The average molecular weight is 1110 g/mol. The lowest BCUT2D eigenvalue weighted by atomic mass is 9.76. The maximum Gasteiger partial charge on any atom is 0.331 e. The molecule has 18 nitrogen and oxygen atoms in total. The number of likely N-dealkylation sites (N-methyl/N-ethyl adjacent to an activating group) is 4. The van der Waals surface area contributed by atoms with Crippen molar-refractivity contribution in [1.29, 1.82) is 0 Å². The summed E-state index contributed by atoms with van der Waals surface area (Å²) in [5.74, 6) is -3.26. The summed E-state index contributed by atoms with van der Waals surface area (Å²) < 4.78 is 4.10. The zero-order valence-electron chi connectivity index (χ0n) is 52.1. The van der Waals surface area contributed by atoms with E-state index in [0.717, 1.165) is 44.1 Å². The molecule has 4 rings (SSSR count). The van der Waals surface area contributed by atoms with E-state index in [-0.39, 0.29) is 46.6 Å². The summed E-state index contributed by atoms with van der Waals surface area (Å²) in [6, 6.07) is 8.37. The van der Waals surface area contributed by atoms with E-state index in [4.69, 9.17) is 11.5 Å². The number of carbonyl (C=O) groups is 6. The molecule has 4 aromatic rings. The molecule has 2 aromatic heterocycles. The molecular weight excluding hydrogens is 1010 g/mol. The lowest BCUT2D eigenvalue weighted by Crippen LogP contribution is -2.61. The molecule has 2 aromatic carbocycles. The first-order valence-electron chi connectivity index (χ1n) is 27.6. The fourth-order valence-electron chi connectivity index (χ4n) is 10.7. The molecule has 6 atom stereocenters. The van der Waals surface area contributed by atoms with Crippen molar-refractivity contribution in [2.75, 3.05) is 28.2 Å². The Labute approximate surface area is 476 Å². The van der Waals surface area contributed by atoms with E-state index in [2.05, 4.69) is 33.4 Å². The van der Waals surface area contributed by atoms with Crippen LogP contribution in [-0.4, -0.2) is 129 Å². The highest BCUT2D eigenvalue weighted by molar-refractivity contribution is 5.95. The van der Waals surface area contributed by atoms with E-state index in [1.165, 1.54) is 13.8 Å². The number of amides is 4. The number of nitrogens with two attached hydrogens (primary N) is 2. The highest BCUT2D eigenvalue weighted by Crippen LogP contribution is 2.37. The van der Waals surface area contributed by atoms with Crippen LogP contribution < -0.4 is 32.7 Å². The predicted molar refractivity (Wildman–Crippen MR) is 322 cm³/mol. The lowest BCUT2D eigenvalue weighted by molar-refractivity contribution is -0.141. The number of aliphatic carboxylic acids is 2. The van der Waals surface area contributed by atoms with Crippen molar-refractivity contribution < 1.29 is 39.0 Å². The number of carboxylic acid groups (broad SMARTS) is 2. The van der Waals surface area contributed by atoms with Gasteiger partial charge in [-0.05, 0) is 91.1 Å². The second kappa shape index (κ2) is 27.0. The maximum atomic E-state index is 14.0. The molecule has 0 aliphatic carbocycles. The highest BCUT2D eigenvalue weighted by atomic mass is 16.4. The molecule has 18 heteroatoms. The van der Waals surface area contributed by atoms with Gasteiger partial charge in [0.1, 0.15) is 12.1 Å². The fraction of sp³-hybridized carbons (Fsp3) is 0.581. The zero-order chi connectivity index (χ0) is 61.5. The van der Waals surface area contributed by atoms with Gasteiger partial charge in [-0.15, -0.1) is 0 Å². The zero-order valence-corrected chi connectivity index (χ0v) is 52.1. The number of fused-ring (bicyclic) bond motifs is 2. The number of nitrogens with zero attached hydrogens (tertiary/aromatic N) is 4. The second-order valence-corrected chi connectivity index (χ2v) is 25.6. The Kier molecular flexibility index (Phi) is 22.9. The topological polar surface area (TPSA) is 259 Å². The number of hydrogen-bond acceptors (Lipinski definition) is 10. The van der Waals surface area contributed by atoms with Crippen molar-refractivity contribution >= 4 is 57.4 Å². The van der Waals surface area contributed by atoms with Gasteiger partial charge in [0.2, 0.25) is 23.6 Å². The standard InChI is InChI=1S/2C31H49N5O4/c1-18(2)24(14-19(3)29(39)40)36(11)28(38)26(30(4,5)6)34-27(37)25(33-9)31(7,8)22-17-35(10)23-13-12-20(16-32)15-21(22)23;1-18(2)23(14-19(3)29(39)40)36(11)28(38)26(30(4,5)6)34-27(37)25(33-9)31(7,8)22-17-35(10)24-15-20(16-32)12-13-21(22)24/h12-15,17-18,24-26,33H,16,32H2,1-11H3,(H,34,37)(H,39,40);12-15,17-18,23,25-26,33H,16,32H2,1-11H3,(H,34,37)(H,39,40)/b2*19-14+/t24-,25+,26-;23-,25+,26-/m11/s1. The number of carboxylic acids is 2. The molecule has 80 heavy (non-hydrogen) atoms. The smallest absolute Gasteiger partial charge is 0.331 e. The molecule has 0 aliphatic rings. The quantitative estimate of drug-likeness (QED) is 0.0367. The number of carbonyl (C=O) groups excluding carboxylic acids is 4. The number of aryl methyl sites for hydroxylation is 2. The molecule has 4 amide bonds. The van der Waals surface area contributed by atoms with Gasteiger partial charge in [-0.2, -0.15) is 0 Å². The third-order valence-corrected chi connectivity index (χ3v) is 15.8. The molecule has 10 N–H and O–H groups in total. The van der Waals surface area contributed by atoms with E-state index in [9.17, 15) is 39.0 Å². The minimum Gasteiger partial charge on any atom is -0.478 e. The van der Waals surface area contributed by atoms with Crippen molar-refractivity contribution in [2.24, 2.45) is 48.2 Å². The Balaban J connectivity index is 0.000000420. The summed E-state index contributed by atoms with van der Waals surface area (Å²) in [7, 11) is 10.8. The SMILES string of the molecule is CN[C@@H](C(=O)N[C@H](C(=O)N(C)[C@H](/C=C(\C)C(=O)O)C(C)C)C(C)(C)C)C(C)(C)c1cn(C)c2cc(CN)ccc12.CN[C@@H](C(=O)N[C@H](C(=O)N(C)[C@H](/C=C(\C)C(=O)O)C(C)C)C(C)(C)C)C(C)(C)c1cn(C)c2ccc(CN)cc12. The molecule has 0 radical (unpaired) electrons. The third kappa shape index (κ3) is 15.6. The molecule has 444 valence electrons. The van der Waals surface area contributed by atoms with E-state index in [1.807, 2.05) is 157 Å². The van der Waals surface area contributed by atoms with Crippen LogP contribution in [0.1, 0.15) is 133 Å². The van der Waals surface area contributed by atoms with Gasteiger partial charge in [0, 0.05) is 97.5 Å². The fourth-order valence-corrected chi connectivity index (χ4v) is 10.7. The first-order valence-corrected chi connectivity index (χ1v) is 27.6. The Morgan fingerprint density at radius 1 is 0.562 bits per heavy atom. The molecule has 0 unspecified atom stereocenters. The van der Waals surface area contributed by atoms with Crippen molar-refractivity contribution in [3.05, 3.63) is 94.3 Å². The van der Waals surface area contributed by atoms with Crippen molar-refractivity contribution in [3.63, 3.8) is 0 Å². The van der Waals surface area contributed by atoms with Crippen molar-refractivity contribution in [3.8, 4) is 0 Å². The van der Waals surface area contributed by atoms with Crippen LogP contribution in [0.4, 0.5) is 0 Å². The third-order valence-electron chi connectivity index (χ3n) is 15.8. The van der Waals surface area contributed by atoms with Crippen molar-refractivity contribution in [1.82, 2.24) is 40.2 Å². The number of aromatic nitrogens is 2. The lowest BCUT2D eigenvalue weighted by Gasteiger charge is -2.39. The first kappa shape index (κ1) is 67.9. The van der Waals surface area contributed by atoms with E-state index in [1.54, 1.807) is 50.1 Å². The van der Waals surface area contributed by atoms with E-state index in [0.29, 0.717) is 13.1 Å². The molecule has 0 saturated heterocycles. The van der Waals surface area contributed by atoms with Crippen LogP contribution in [0.5, 0.6) is 0 Å². The molecular formula is C62H98N10O8. The van der Waals surface area contributed by atoms with E-state index >= 15 is 0 Å². The van der Waals surface area contributed by atoms with Crippen LogP contribution in [-0.2, 0) is 66.8 Å². The summed E-state index contributed by atoms with van der Waals surface area (Å²) in [6.07, 6.45) is 7.30. The first-order chi connectivity index (χ1) is 36.8. The largest absolute Gasteiger partial charge is 0.478 e. The Morgan fingerprint density at radius 3 is 1.25 bits per heavy atom. The van der Waals surface area contributed by atoms with Crippen LogP contribution in [0.3, 0.4) is 0 Å². The van der Waals surface area contributed by atoms with Crippen LogP contribution in [0.15, 0.2) is 72.1 Å². The minimum atomic E-state index is -1.03. The minimum absolute atomic E-state index is 0.0327. The summed E-state index contributed by atoms with van der Waals surface area (Å²) >= 11 is 0. The summed E-state index contributed by atoms with van der Waals surface area (Å²) in [4.78, 5) is 81.7. The molecule has 0 fully saturated rings. The molecule has 0 bridgehead atoms. The molecule has 0 saturated carbocycles. The monoisotopic (exact) mass is 1110 g/mol. The van der Waals surface area contributed by atoms with Gasteiger partial charge in [0.15, 0.2) is 0 Å². The molecule has 0 aliphatic heterocycles. The van der Waals surface area contributed by atoms with Crippen LogP contribution in [0.25, 0.3) is 21.8 Å². The van der Waals surface area contributed by atoms with Crippen LogP contribution in [0.2, 0.25) is 0 Å². The Bertz CT molecular complexity index is 2930. The van der Waals surface area contributed by atoms with Gasteiger partial charge in [0.05, 0.1) is 24.2 Å². The van der Waals surface area contributed by atoms with Crippen molar-refractivity contribution in [2.45, 2.75) is 171 Å². The number of hydrogen-bond donors (Lipinski definition) is 8.